The summed E-state index contributed by atoms with van der Waals surface area (Å²) in [6, 6.07) is 8.06. The summed E-state index contributed by atoms with van der Waals surface area (Å²) < 4.78 is 11.0. The summed E-state index contributed by atoms with van der Waals surface area (Å²) >= 11 is 0. The van der Waals surface area contributed by atoms with E-state index in [1.165, 1.54) is 5.56 Å². The average Bonchev–Trinajstić information content (AvgIpc) is 2.72. The van der Waals surface area contributed by atoms with E-state index in [-0.39, 0.29) is 5.60 Å². The van der Waals surface area contributed by atoms with E-state index < -0.39 is 0 Å². The molecule has 1 aliphatic heterocycles. The van der Waals surface area contributed by atoms with Gasteiger partial charge in [-0.2, -0.15) is 0 Å². The molecule has 2 atom stereocenters. The Kier molecular flexibility index (Phi) is 3.17. The second-order valence-corrected chi connectivity index (χ2v) is 4.41. The molecule has 0 saturated carbocycles. The van der Waals surface area contributed by atoms with Gasteiger partial charge in [0, 0.05) is 12.5 Å². The molecule has 0 aromatic heterocycles. The van der Waals surface area contributed by atoms with Gasteiger partial charge in [-0.1, -0.05) is 12.1 Å². The number of hydrogen-bond acceptors (Lipinski definition) is 3. The molecule has 0 aliphatic carbocycles. The van der Waals surface area contributed by atoms with Crippen LogP contribution in [0.25, 0.3) is 0 Å². The maximum atomic E-state index is 5.88. The van der Waals surface area contributed by atoms with Crippen molar-refractivity contribution >= 4 is 0 Å². The SMILES string of the molecule is COc1ccc(C2(C)OCCC2CN)cc1. The molecule has 1 aliphatic rings. The van der Waals surface area contributed by atoms with Gasteiger partial charge < -0.3 is 15.2 Å². The van der Waals surface area contributed by atoms with Crippen LogP contribution in [0.4, 0.5) is 0 Å². The number of rotatable bonds is 3. The first-order valence-electron chi connectivity index (χ1n) is 5.69. The molecule has 2 N–H and O–H groups in total. The Morgan fingerprint density at radius 3 is 2.69 bits per heavy atom. The molecule has 1 aromatic carbocycles. The van der Waals surface area contributed by atoms with Gasteiger partial charge in [-0.3, -0.25) is 0 Å². The van der Waals surface area contributed by atoms with E-state index in [9.17, 15) is 0 Å². The van der Waals surface area contributed by atoms with Gasteiger partial charge in [0.25, 0.3) is 0 Å². The molecule has 2 unspecified atom stereocenters. The predicted octanol–water partition coefficient (Wildman–Crippen LogP) is 1.91. The lowest BCUT2D eigenvalue weighted by Crippen LogP contribution is -2.33. The maximum Gasteiger partial charge on any atom is 0.118 e. The van der Waals surface area contributed by atoms with Gasteiger partial charge in [0.2, 0.25) is 0 Å². The Morgan fingerprint density at radius 2 is 2.12 bits per heavy atom. The van der Waals surface area contributed by atoms with E-state index in [1.54, 1.807) is 7.11 Å². The van der Waals surface area contributed by atoms with E-state index >= 15 is 0 Å². The number of methoxy groups -OCH3 is 1. The summed E-state index contributed by atoms with van der Waals surface area (Å²) in [4.78, 5) is 0. The zero-order chi connectivity index (χ0) is 11.6. The summed E-state index contributed by atoms with van der Waals surface area (Å²) in [6.07, 6.45) is 1.04. The van der Waals surface area contributed by atoms with Crippen molar-refractivity contribution in [1.29, 1.82) is 0 Å². The van der Waals surface area contributed by atoms with Crippen molar-refractivity contribution in [3.05, 3.63) is 29.8 Å². The monoisotopic (exact) mass is 221 g/mol. The highest BCUT2D eigenvalue weighted by Crippen LogP contribution is 2.40. The smallest absolute Gasteiger partial charge is 0.118 e. The Balaban J connectivity index is 2.27. The normalized spacial score (nSPS) is 29.3. The van der Waals surface area contributed by atoms with E-state index in [1.807, 2.05) is 12.1 Å². The third-order valence-corrected chi connectivity index (χ3v) is 3.59. The summed E-state index contributed by atoms with van der Waals surface area (Å²) in [5, 5.41) is 0. The fraction of sp³-hybridized carbons (Fsp3) is 0.538. The minimum atomic E-state index is -0.235. The minimum absolute atomic E-state index is 0.235. The lowest BCUT2D eigenvalue weighted by atomic mass is 9.83. The fourth-order valence-corrected chi connectivity index (χ4v) is 2.39. The third kappa shape index (κ3) is 1.81. The fourth-order valence-electron chi connectivity index (χ4n) is 2.39. The molecular weight excluding hydrogens is 202 g/mol. The Hall–Kier alpha value is -1.06. The number of ether oxygens (including phenoxy) is 2. The zero-order valence-corrected chi connectivity index (χ0v) is 9.90. The second-order valence-electron chi connectivity index (χ2n) is 4.41. The highest BCUT2D eigenvalue weighted by atomic mass is 16.5. The van der Waals surface area contributed by atoms with Crippen molar-refractivity contribution in [2.45, 2.75) is 18.9 Å². The molecule has 2 rings (SSSR count). The summed E-state index contributed by atoms with van der Waals surface area (Å²) in [5.74, 6) is 1.27. The standard InChI is InChI=1S/C13H19NO2/c1-13(11(9-14)7-8-16-13)10-3-5-12(15-2)6-4-10/h3-6,11H,7-9,14H2,1-2H3. The summed E-state index contributed by atoms with van der Waals surface area (Å²) in [7, 11) is 1.67. The first-order chi connectivity index (χ1) is 7.70. The predicted molar refractivity (Wildman–Crippen MR) is 63.5 cm³/mol. The van der Waals surface area contributed by atoms with Crippen LogP contribution in [0.3, 0.4) is 0 Å². The van der Waals surface area contributed by atoms with Crippen LogP contribution in [0, 0.1) is 5.92 Å². The molecule has 1 heterocycles. The molecule has 0 radical (unpaired) electrons. The van der Waals surface area contributed by atoms with Crippen LogP contribution in [0.1, 0.15) is 18.9 Å². The Labute approximate surface area is 96.5 Å². The summed E-state index contributed by atoms with van der Waals surface area (Å²) in [5.41, 5.74) is 6.74. The Bertz CT molecular complexity index is 349. The van der Waals surface area contributed by atoms with Crippen LogP contribution in [0.2, 0.25) is 0 Å². The molecule has 3 heteroatoms. The van der Waals surface area contributed by atoms with Crippen LogP contribution in [0.15, 0.2) is 24.3 Å². The first kappa shape index (κ1) is 11.4. The topological polar surface area (TPSA) is 44.5 Å². The number of benzene rings is 1. The Morgan fingerprint density at radius 1 is 1.44 bits per heavy atom. The van der Waals surface area contributed by atoms with E-state index in [4.69, 9.17) is 15.2 Å². The van der Waals surface area contributed by atoms with Gasteiger partial charge in [0.05, 0.1) is 12.7 Å². The van der Waals surface area contributed by atoms with Gasteiger partial charge in [-0.15, -0.1) is 0 Å². The minimum Gasteiger partial charge on any atom is -0.497 e. The van der Waals surface area contributed by atoms with E-state index in [0.29, 0.717) is 12.5 Å². The number of hydrogen-bond donors (Lipinski definition) is 1. The second kappa shape index (κ2) is 4.44. The molecule has 0 bridgehead atoms. The summed E-state index contributed by atoms with van der Waals surface area (Å²) in [6.45, 7) is 3.59. The zero-order valence-electron chi connectivity index (χ0n) is 9.90. The van der Waals surface area contributed by atoms with Gasteiger partial charge in [0.1, 0.15) is 5.75 Å². The quantitative estimate of drug-likeness (QED) is 0.848. The third-order valence-electron chi connectivity index (χ3n) is 3.59. The van der Waals surface area contributed by atoms with Crippen molar-refractivity contribution in [1.82, 2.24) is 0 Å². The molecule has 1 saturated heterocycles. The van der Waals surface area contributed by atoms with Crippen LogP contribution < -0.4 is 10.5 Å². The number of nitrogens with two attached hydrogens (primary N) is 1. The molecule has 16 heavy (non-hydrogen) atoms. The molecule has 88 valence electrons. The van der Waals surface area contributed by atoms with Gasteiger partial charge in [-0.05, 0) is 37.6 Å². The highest BCUT2D eigenvalue weighted by Gasteiger charge is 2.40. The van der Waals surface area contributed by atoms with E-state index in [2.05, 4.69) is 19.1 Å². The highest BCUT2D eigenvalue weighted by molar-refractivity contribution is 5.31. The van der Waals surface area contributed by atoms with Crippen molar-refractivity contribution in [3.8, 4) is 5.75 Å². The lowest BCUT2D eigenvalue weighted by Gasteiger charge is -2.30. The van der Waals surface area contributed by atoms with Crippen molar-refractivity contribution < 1.29 is 9.47 Å². The van der Waals surface area contributed by atoms with Crippen LogP contribution in [-0.2, 0) is 10.3 Å². The van der Waals surface area contributed by atoms with Crippen molar-refractivity contribution in [2.24, 2.45) is 11.7 Å². The first-order valence-corrected chi connectivity index (χ1v) is 5.69. The van der Waals surface area contributed by atoms with Gasteiger partial charge >= 0.3 is 0 Å². The average molecular weight is 221 g/mol. The van der Waals surface area contributed by atoms with Crippen molar-refractivity contribution in [3.63, 3.8) is 0 Å². The molecule has 0 spiro atoms. The lowest BCUT2D eigenvalue weighted by molar-refractivity contribution is -0.00794. The largest absolute Gasteiger partial charge is 0.497 e. The van der Waals surface area contributed by atoms with Gasteiger partial charge in [-0.25, -0.2) is 0 Å². The molecular formula is C13H19NO2. The molecule has 1 aromatic rings. The maximum absolute atomic E-state index is 5.88. The molecule has 3 nitrogen and oxygen atoms in total. The van der Waals surface area contributed by atoms with Gasteiger partial charge in [0.15, 0.2) is 0 Å². The van der Waals surface area contributed by atoms with Crippen molar-refractivity contribution in [2.75, 3.05) is 20.3 Å². The molecule has 1 fully saturated rings. The van der Waals surface area contributed by atoms with E-state index in [0.717, 1.165) is 18.8 Å². The van der Waals surface area contributed by atoms with Crippen LogP contribution in [0.5, 0.6) is 5.75 Å². The van der Waals surface area contributed by atoms with Crippen LogP contribution in [-0.4, -0.2) is 20.3 Å². The van der Waals surface area contributed by atoms with Crippen LogP contribution >= 0.6 is 0 Å². The molecule has 0 amide bonds.